The van der Waals surface area contributed by atoms with E-state index in [9.17, 15) is 5.11 Å². The van der Waals surface area contributed by atoms with Gasteiger partial charge in [0.1, 0.15) is 16.8 Å². The summed E-state index contributed by atoms with van der Waals surface area (Å²) in [6, 6.07) is 8.31. The molecule has 1 aromatic carbocycles. The number of para-hydroxylation sites is 1. The Morgan fingerprint density at radius 1 is 1.40 bits per heavy atom. The zero-order valence-electron chi connectivity index (χ0n) is 7.44. The molecular formula is C10H5ClN2O2. The van der Waals surface area contributed by atoms with Crippen LogP contribution in [0.5, 0.6) is 5.75 Å². The van der Waals surface area contributed by atoms with Gasteiger partial charge in [-0.05, 0) is 12.1 Å². The molecule has 0 amide bonds. The zero-order valence-corrected chi connectivity index (χ0v) is 8.19. The largest absolute Gasteiger partial charge is 0.507 e. The molecule has 2 aromatic rings. The molecule has 0 aliphatic heterocycles. The number of benzene rings is 1. The number of rotatable bonds is 1. The van der Waals surface area contributed by atoms with Crippen molar-refractivity contribution in [2.45, 2.75) is 0 Å². The molecule has 74 valence electrons. The molecule has 0 bridgehead atoms. The van der Waals surface area contributed by atoms with Gasteiger partial charge in [-0.25, -0.2) is 0 Å². The van der Waals surface area contributed by atoms with Gasteiger partial charge in [-0.15, -0.1) is 0 Å². The summed E-state index contributed by atoms with van der Waals surface area (Å²) in [4.78, 5) is 0. The molecule has 0 atom stereocenters. The Hall–Kier alpha value is -1.99. The van der Waals surface area contributed by atoms with E-state index in [1.807, 2.05) is 0 Å². The molecule has 1 aromatic heterocycles. The van der Waals surface area contributed by atoms with Crippen LogP contribution in [0.15, 0.2) is 28.8 Å². The molecule has 0 spiro atoms. The molecule has 0 saturated carbocycles. The van der Waals surface area contributed by atoms with E-state index in [1.165, 1.54) is 6.07 Å². The quantitative estimate of drug-likeness (QED) is 0.802. The Morgan fingerprint density at radius 2 is 2.13 bits per heavy atom. The van der Waals surface area contributed by atoms with Crippen molar-refractivity contribution < 1.29 is 9.63 Å². The summed E-state index contributed by atoms with van der Waals surface area (Å²) in [7, 11) is 0. The third kappa shape index (κ3) is 1.53. The van der Waals surface area contributed by atoms with Crippen molar-refractivity contribution >= 4 is 11.6 Å². The number of phenols is 1. The third-order valence-corrected chi connectivity index (χ3v) is 2.24. The maximum atomic E-state index is 9.54. The van der Waals surface area contributed by atoms with Crippen LogP contribution in [0.2, 0.25) is 5.02 Å². The molecule has 1 N–H and O–H groups in total. The van der Waals surface area contributed by atoms with Crippen LogP contribution in [-0.2, 0) is 0 Å². The molecule has 0 aliphatic rings. The molecule has 5 heteroatoms. The Bertz CT molecular complexity index is 543. The maximum Gasteiger partial charge on any atom is 0.202 e. The van der Waals surface area contributed by atoms with E-state index in [-0.39, 0.29) is 22.2 Å². The normalized spacial score (nSPS) is 9.87. The molecule has 0 fully saturated rings. The summed E-state index contributed by atoms with van der Waals surface area (Å²) in [5.74, 6) is 0.228. The first-order valence-electron chi connectivity index (χ1n) is 4.07. The Morgan fingerprint density at radius 3 is 2.73 bits per heavy atom. The number of nitriles is 1. The molecule has 1 heterocycles. The first kappa shape index (κ1) is 9.56. The lowest BCUT2D eigenvalue weighted by molar-refractivity contribution is 0.424. The minimum absolute atomic E-state index is 0.00918. The van der Waals surface area contributed by atoms with Gasteiger partial charge in [0.05, 0.1) is 5.56 Å². The van der Waals surface area contributed by atoms with Crippen LogP contribution in [0.25, 0.3) is 11.3 Å². The molecule has 4 nitrogen and oxygen atoms in total. The molecule has 0 radical (unpaired) electrons. The van der Waals surface area contributed by atoms with Crippen LogP contribution in [0.1, 0.15) is 5.69 Å². The van der Waals surface area contributed by atoms with Crippen molar-refractivity contribution in [3.63, 3.8) is 0 Å². The van der Waals surface area contributed by atoms with Gasteiger partial charge in [0.2, 0.25) is 5.69 Å². The van der Waals surface area contributed by atoms with Crippen molar-refractivity contribution in [1.29, 1.82) is 5.26 Å². The van der Waals surface area contributed by atoms with Gasteiger partial charge in [0.15, 0.2) is 5.76 Å². The van der Waals surface area contributed by atoms with E-state index >= 15 is 0 Å². The van der Waals surface area contributed by atoms with Crippen LogP contribution in [0, 0.1) is 11.3 Å². The zero-order chi connectivity index (χ0) is 10.8. The molecule has 15 heavy (non-hydrogen) atoms. The molecule has 2 rings (SSSR count). The lowest BCUT2D eigenvalue weighted by atomic mass is 10.1. The van der Waals surface area contributed by atoms with Crippen LogP contribution in [0.3, 0.4) is 0 Å². The fraction of sp³-hybridized carbons (Fsp3) is 0. The second kappa shape index (κ2) is 3.64. The lowest BCUT2D eigenvalue weighted by Gasteiger charge is -1.98. The van der Waals surface area contributed by atoms with E-state index in [0.29, 0.717) is 5.56 Å². The summed E-state index contributed by atoms with van der Waals surface area (Å²) >= 11 is 5.84. The highest BCUT2D eigenvalue weighted by Gasteiger charge is 2.17. The Kier molecular flexibility index (Phi) is 2.32. The van der Waals surface area contributed by atoms with Gasteiger partial charge in [0.25, 0.3) is 0 Å². The summed E-state index contributed by atoms with van der Waals surface area (Å²) in [6.07, 6.45) is 0. The van der Waals surface area contributed by atoms with Gasteiger partial charge < -0.3 is 9.63 Å². The van der Waals surface area contributed by atoms with Crippen molar-refractivity contribution in [3.8, 4) is 23.1 Å². The molecular weight excluding hydrogens is 216 g/mol. The van der Waals surface area contributed by atoms with Crippen LogP contribution in [-0.4, -0.2) is 10.3 Å². The first-order valence-corrected chi connectivity index (χ1v) is 4.45. The Labute approximate surface area is 90.3 Å². The number of halogens is 1. The topological polar surface area (TPSA) is 70.0 Å². The average molecular weight is 221 g/mol. The fourth-order valence-electron chi connectivity index (χ4n) is 1.18. The SMILES string of the molecule is N#Cc1noc(-c2ccccc2O)c1Cl. The number of nitrogens with zero attached hydrogens (tertiary/aromatic N) is 2. The average Bonchev–Trinajstić information content (AvgIpc) is 2.60. The second-order valence-corrected chi connectivity index (χ2v) is 3.18. The molecule has 0 aliphatic carbocycles. The Balaban J connectivity index is 2.61. The summed E-state index contributed by atoms with van der Waals surface area (Å²) < 4.78 is 4.89. The van der Waals surface area contributed by atoms with Crippen LogP contribution < -0.4 is 0 Å². The predicted molar refractivity (Wildman–Crippen MR) is 53.3 cm³/mol. The fourth-order valence-corrected chi connectivity index (χ4v) is 1.39. The number of phenolic OH excluding ortho intramolecular Hbond substituents is 1. The van der Waals surface area contributed by atoms with Gasteiger partial charge in [-0.2, -0.15) is 5.26 Å². The lowest BCUT2D eigenvalue weighted by Crippen LogP contribution is -1.76. The van der Waals surface area contributed by atoms with Gasteiger partial charge in [-0.3, -0.25) is 0 Å². The highest BCUT2D eigenvalue weighted by molar-refractivity contribution is 6.33. The van der Waals surface area contributed by atoms with Gasteiger partial charge in [-0.1, -0.05) is 28.9 Å². The molecule has 0 saturated heterocycles. The van der Waals surface area contributed by atoms with E-state index < -0.39 is 0 Å². The first-order chi connectivity index (χ1) is 7.24. The van der Waals surface area contributed by atoms with Gasteiger partial charge in [0, 0.05) is 0 Å². The smallest absolute Gasteiger partial charge is 0.202 e. The maximum absolute atomic E-state index is 9.54. The van der Waals surface area contributed by atoms with Crippen molar-refractivity contribution in [2.75, 3.05) is 0 Å². The standard InChI is InChI=1S/C10H5ClN2O2/c11-9-7(5-12)13-15-10(9)6-3-1-2-4-8(6)14/h1-4,14H. The highest BCUT2D eigenvalue weighted by Crippen LogP contribution is 2.35. The number of aromatic hydroxyl groups is 1. The monoisotopic (exact) mass is 220 g/mol. The van der Waals surface area contributed by atoms with Gasteiger partial charge >= 0.3 is 0 Å². The van der Waals surface area contributed by atoms with Crippen molar-refractivity contribution in [2.24, 2.45) is 0 Å². The van der Waals surface area contributed by atoms with Crippen molar-refractivity contribution in [1.82, 2.24) is 5.16 Å². The predicted octanol–water partition coefficient (Wildman–Crippen LogP) is 2.57. The highest BCUT2D eigenvalue weighted by atomic mass is 35.5. The van der Waals surface area contributed by atoms with Crippen LogP contribution >= 0.6 is 11.6 Å². The minimum Gasteiger partial charge on any atom is -0.507 e. The third-order valence-electron chi connectivity index (χ3n) is 1.89. The molecule has 0 unspecified atom stereocenters. The minimum atomic E-state index is 0.00918. The van der Waals surface area contributed by atoms with E-state index in [1.54, 1.807) is 24.3 Å². The number of hydrogen-bond acceptors (Lipinski definition) is 4. The number of hydrogen-bond donors (Lipinski definition) is 1. The summed E-state index contributed by atoms with van der Waals surface area (Å²) in [6.45, 7) is 0. The summed E-state index contributed by atoms with van der Waals surface area (Å²) in [5, 5.41) is 21.8. The number of aromatic nitrogens is 1. The second-order valence-electron chi connectivity index (χ2n) is 2.80. The van der Waals surface area contributed by atoms with E-state index in [2.05, 4.69) is 5.16 Å². The van der Waals surface area contributed by atoms with E-state index in [0.717, 1.165) is 0 Å². The van der Waals surface area contributed by atoms with Crippen molar-refractivity contribution in [3.05, 3.63) is 35.0 Å². The van der Waals surface area contributed by atoms with Crippen LogP contribution in [0.4, 0.5) is 0 Å². The summed E-state index contributed by atoms with van der Waals surface area (Å²) in [5.41, 5.74) is 0.423. The van der Waals surface area contributed by atoms with E-state index in [4.69, 9.17) is 21.4 Å².